The first-order chi connectivity index (χ1) is 11.4. The van der Waals surface area contributed by atoms with Gasteiger partial charge in [-0.3, -0.25) is 4.79 Å². The van der Waals surface area contributed by atoms with Crippen LogP contribution in [0, 0.1) is 13.8 Å². The first-order valence-corrected chi connectivity index (χ1v) is 8.09. The van der Waals surface area contributed by atoms with Crippen LogP contribution >= 0.6 is 0 Å². The van der Waals surface area contributed by atoms with Crippen LogP contribution in [0.5, 0.6) is 11.5 Å². The summed E-state index contributed by atoms with van der Waals surface area (Å²) in [5.41, 5.74) is 3.21. The van der Waals surface area contributed by atoms with E-state index >= 15 is 0 Å². The molecule has 0 aliphatic carbocycles. The van der Waals surface area contributed by atoms with Crippen molar-refractivity contribution < 1.29 is 14.3 Å². The minimum absolute atomic E-state index is 0.103. The van der Waals surface area contributed by atoms with Gasteiger partial charge in [-0.15, -0.1) is 0 Å². The number of rotatable bonds is 6. The molecule has 0 fully saturated rings. The molecule has 1 amide bonds. The Morgan fingerprint density at radius 1 is 1.04 bits per heavy atom. The molecule has 0 radical (unpaired) electrons. The van der Waals surface area contributed by atoms with E-state index in [0.29, 0.717) is 0 Å². The lowest BCUT2D eigenvalue weighted by Gasteiger charge is -2.20. The molecule has 0 bridgehead atoms. The Kier molecular flexibility index (Phi) is 5.85. The van der Waals surface area contributed by atoms with Gasteiger partial charge in [-0.25, -0.2) is 0 Å². The molecule has 4 nitrogen and oxygen atoms in total. The van der Waals surface area contributed by atoms with Gasteiger partial charge in [0.25, 0.3) is 5.91 Å². The topological polar surface area (TPSA) is 47.6 Å². The number of methoxy groups -OCH3 is 1. The maximum Gasteiger partial charge on any atom is 0.261 e. The second-order valence-corrected chi connectivity index (χ2v) is 6.03. The maximum atomic E-state index is 12.4. The highest BCUT2D eigenvalue weighted by Gasteiger charge is 2.18. The maximum absolute atomic E-state index is 12.4. The van der Waals surface area contributed by atoms with Crippen LogP contribution in [0.3, 0.4) is 0 Å². The first-order valence-electron chi connectivity index (χ1n) is 8.09. The van der Waals surface area contributed by atoms with Gasteiger partial charge in [0, 0.05) is 0 Å². The average molecular weight is 327 g/mol. The van der Waals surface area contributed by atoms with Crippen molar-refractivity contribution in [1.82, 2.24) is 5.32 Å². The number of hydrogen-bond acceptors (Lipinski definition) is 3. The van der Waals surface area contributed by atoms with E-state index in [1.165, 1.54) is 5.56 Å². The zero-order chi connectivity index (χ0) is 17.7. The predicted octanol–water partition coefficient (Wildman–Crippen LogP) is 3.96. The van der Waals surface area contributed by atoms with Crippen molar-refractivity contribution in [2.24, 2.45) is 0 Å². The molecular weight excluding hydrogens is 302 g/mol. The Bertz CT molecular complexity index is 695. The molecule has 4 heteroatoms. The lowest BCUT2D eigenvalue weighted by atomic mass is 10.1. The Morgan fingerprint density at radius 3 is 2.29 bits per heavy atom. The van der Waals surface area contributed by atoms with Crippen molar-refractivity contribution in [3.05, 3.63) is 59.2 Å². The Balaban J connectivity index is 1.97. The number of benzene rings is 2. The number of amides is 1. The molecule has 0 aliphatic heterocycles. The third-order valence-electron chi connectivity index (χ3n) is 3.98. The van der Waals surface area contributed by atoms with Crippen molar-refractivity contribution in [2.75, 3.05) is 7.11 Å². The Hall–Kier alpha value is -2.49. The first kappa shape index (κ1) is 17.9. The molecule has 0 aliphatic rings. The van der Waals surface area contributed by atoms with Crippen LogP contribution in [0.4, 0.5) is 0 Å². The zero-order valence-electron chi connectivity index (χ0n) is 14.9. The standard InChI is InChI=1S/C20H25NO3/c1-13-6-11-19(14(2)12-13)24-16(4)20(22)21-15(3)17-7-9-18(23-5)10-8-17/h6-12,15-16H,1-5H3,(H,21,22)/t15-,16+/m1/s1. The van der Waals surface area contributed by atoms with Crippen LogP contribution in [-0.4, -0.2) is 19.1 Å². The van der Waals surface area contributed by atoms with Crippen molar-refractivity contribution in [3.63, 3.8) is 0 Å². The molecule has 0 spiro atoms. The summed E-state index contributed by atoms with van der Waals surface area (Å²) in [7, 11) is 1.63. The van der Waals surface area contributed by atoms with Crippen LogP contribution in [0.25, 0.3) is 0 Å². The van der Waals surface area contributed by atoms with E-state index in [2.05, 4.69) is 5.32 Å². The molecule has 24 heavy (non-hydrogen) atoms. The highest BCUT2D eigenvalue weighted by atomic mass is 16.5. The number of carbonyl (C=O) groups excluding carboxylic acids is 1. The third-order valence-corrected chi connectivity index (χ3v) is 3.98. The van der Waals surface area contributed by atoms with Crippen molar-refractivity contribution in [2.45, 2.75) is 39.8 Å². The molecular formula is C20H25NO3. The van der Waals surface area contributed by atoms with E-state index in [-0.39, 0.29) is 11.9 Å². The summed E-state index contributed by atoms with van der Waals surface area (Å²) in [6.07, 6.45) is -0.563. The summed E-state index contributed by atoms with van der Waals surface area (Å²) < 4.78 is 10.9. The molecule has 2 aromatic carbocycles. The summed E-state index contributed by atoms with van der Waals surface area (Å²) in [4.78, 5) is 12.4. The second kappa shape index (κ2) is 7.86. The fourth-order valence-electron chi connectivity index (χ4n) is 2.48. The smallest absolute Gasteiger partial charge is 0.261 e. The molecule has 0 unspecified atom stereocenters. The number of ether oxygens (including phenoxy) is 2. The Morgan fingerprint density at radius 2 is 1.71 bits per heavy atom. The molecule has 0 aromatic heterocycles. The minimum Gasteiger partial charge on any atom is -0.497 e. The average Bonchev–Trinajstić information content (AvgIpc) is 2.57. The summed E-state index contributed by atoms with van der Waals surface area (Å²) in [6, 6.07) is 13.5. The van der Waals surface area contributed by atoms with E-state index in [1.54, 1.807) is 14.0 Å². The van der Waals surface area contributed by atoms with Gasteiger partial charge < -0.3 is 14.8 Å². The number of hydrogen-bond donors (Lipinski definition) is 1. The van der Waals surface area contributed by atoms with Gasteiger partial charge in [-0.05, 0) is 57.0 Å². The van der Waals surface area contributed by atoms with Crippen LogP contribution in [0.2, 0.25) is 0 Å². The SMILES string of the molecule is COc1ccc([C@@H](C)NC(=O)[C@H](C)Oc2ccc(C)cc2C)cc1. The van der Waals surface area contributed by atoms with E-state index in [9.17, 15) is 4.79 Å². The second-order valence-electron chi connectivity index (χ2n) is 6.03. The number of aryl methyl sites for hydroxylation is 2. The monoisotopic (exact) mass is 327 g/mol. The van der Waals surface area contributed by atoms with E-state index in [0.717, 1.165) is 22.6 Å². The number of carbonyl (C=O) groups is 1. The van der Waals surface area contributed by atoms with Crippen molar-refractivity contribution >= 4 is 5.91 Å². The molecule has 0 saturated carbocycles. The normalized spacial score (nSPS) is 13.0. The van der Waals surface area contributed by atoms with Gasteiger partial charge in [-0.1, -0.05) is 29.8 Å². The third kappa shape index (κ3) is 4.51. The lowest BCUT2D eigenvalue weighted by molar-refractivity contribution is -0.127. The Labute approximate surface area is 143 Å². The van der Waals surface area contributed by atoms with Gasteiger partial charge >= 0.3 is 0 Å². The van der Waals surface area contributed by atoms with Gasteiger partial charge in [-0.2, -0.15) is 0 Å². The van der Waals surface area contributed by atoms with Gasteiger partial charge in [0.05, 0.1) is 13.2 Å². The van der Waals surface area contributed by atoms with Crippen molar-refractivity contribution in [1.29, 1.82) is 0 Å². The molecule has 2 rings (SSSR count). The largest absolute Gasteiger partial charge is 0.497 e. The van der Waals surface area contributed by atoms with E-state index < -0.39 is 6.10 Å². The lowest BCUT2D eigenvalue weighted by Crippen LogP contribution is -2.37. The molecule has 2 aromatic rings. The van der Waals surface area contributed by atoms with Crippen molar-refractivity contribution in [3.8, 4) is 11.5 Å². The van der Waals surface area contributed by atoms with Crippen LogP contribution in [0.1, 0.15) is 36.6 Å². The molecule has 0 heterocycles. The quantitative estimate of drug-likeness (QED) is 0.874. The fraction of sp³-hybridized carbons (Fsp3) is 0.350. The van der Waals surface area contributed by atoms with Gasteiger partial charge in [0.1, 0.15) is 11.5 Å². The summed E-state index contributed by atoms with van der Waals surface area (Å²) in [6.45, 7) is 7.72. The molecule has 1 N–H and O–H groups in total. The predicted molar refractivity (Wildman–Crippen MR) is 95.6 cm³/mol. The van der Waals surface area contributed by atoms with Gasteiger partial charge in [0.2, 0.25) is 0 Å². The van der Waals surface area contributed by atoms with Crippen LogP contribution < -0.4 is 14.8 Å². The minimum atomic E-state index is -0.563. The fourth-order valence-corrected chi connectivity index (χ4v) is 2.48. The zero-order valence-corrected chi connectivity index (χ0v) is 14.9. The highest BCUT2D eigenvalue weighted by Crippen LogP contribution is 2.21. The highest BCUT2D eigenvalue weighted by molar-refractivity contribution is 5.81. The molecule has 128 valence electrons. The summed E-state index contributed by atoms with van der Waals surface area (Å²) in [5.74, 6) is 1.39. The summed E-state index contributed by atoms with van der Waals surface area (Å²) in [5, 5.41) is 2.98. The van der Waals surface area contributed by atoms with E-state index in [1.807, 2.05) is 63.2 Å². The van der Waals surface area contributed by atoms with Crippen LogP contribution in [-0.2, 0) is 4.79 Å². The van der Waals surface area contributed by atoms with Crippen LogP contribution in [0.15, 0.2) is 42.5 Å². The molecule has 2 atom stereocenters. The number of nitrogens with one attached hydrogen (secondary N) is 1. The van der Waals surface area contributed by atoms with E-state index in [4.69, 9.17) is 9.47 Å². The van der Waals surface area contributed by atoms with Gasteiger partial charge in [0.15, 0.2) is 6.10 Å². The summed E-state index contributed by atoms with van der Waals surface area (Å²) >= 11 is 0. The molecule has 0 saturated heterocycles.